The molecule has 0 aromatic heterocycles. The number of hydrogen-bond donors (Lipinski definition) is 0. The summed E-state index contributed by atoms with van der Waals surface area (Å²) in [6, 6.07) is 5.99. The molecule has 1 aromatic rings. The first-order valence-corrected chi connectivity index (χ1v) is 5.82. The van der Waals surface area contributed by atoms with E-state index in [2.05, 4.69) is 0 Å². The normalized spacial score (nSPS) is 10.9. The van der Waals surface area contributed by atoms with Crippen molar-refractivity contribution in [1.29, 1.82) is 0 Å². The molecule has 17 heavy (non-hydrogen) atoms. The molecule has 0 radical (unpaired) electrons. The van der Waals surface area contributed by atoms with Crippen molar-refractivity contribution in [2.75, 3.05) is 33.9 Å². The Hall–Kier alpha value is -1.19. The number of likely N-dealkylation sites (N-methyl/N-ethyl adjacent to an activating group) is 1. The summed E-state index contributed by atoms with van der Waals surface area (Å²) >= 11 is 0. The first-order chi connectivity index (χ1) is 8.04. The number of Topliss-reactive ketones (excluding diaryl/α,β-unsaturated/α-hetero) is 1. The zero-order valence-corrected chi connectivity index (χ0v) is 11.1. The van der Waals surface area contributed by atoms with Crippen LogP contribution >= 0.6 is 0 Å². The van der Waals surface area contributed by atoms with Gasteiger partial charge in [0.2, 0.25) is 0 Å². The van der Waals surface area contributed by atoms with Gasteiger partial charge in [-0.1, -0.05) is 17.7 Å². The van der Waals surface area contributed by atoms with Crippen LogP contribution in [0.1, 0.15) is 21.5 Å². The van der Waals surface area contributed by atoms with Gasteiger partial charge >= 0.3 is 0 Å². The maximum absolute atomic E-state index is 12.1. The molecular formula is C14H21NO2. The number of aryl methyl sites for hydroxylation is 2. The lowest BCUT2D eigenvalue weighted by Crippen LogP contribution is -2.29. The lowest BCUT2D eigenvalue weighted by molar-refractivity contribution is 0.0922. The maximum Gasteiger partial charge on any atom is 0.177 e. The molecule has 0 amide bonds. The summed E-state index contributed by atoms with van der Waals surface area (Å²) in [6.45, 7) is 5.84. The van der Waals surface area contributed by atoms with Crippen molar-refractivity contribution in [3.8, 4) is 0 Å². The molecule has 0 spiro atoms. The van der Waals surface area contributed by atoms with Gasteiger partial charge in [-0.05, 0) is 32.5 Å². The summed E-state index contributed by atoms with van der Waals surface area (Å²) in [6.07, 6.45) is 0. The molecule has 3 nitrogen and oxygen atoms in total. The van der Waals surface area contributed by atoms with Crippen molar-refractivity contribution in [3.63, 3.8) is 0 Å². The average molecular weight is 235 g/mol. The minimum Gasteiger partial charge on any atom is -0.383 e. The Morgan fingerprint density at radius 2 is 2.06 bits per heavy atom. The molecule has 94 valence electrons. The molecule has 3 heteroatoms. The fourth-order valence-electron chi connectivity index (χ4n) is 1.69. The van der Waals surface area contributed by atoms with E-state index in [0.29, 0.717) is 13.2 Å². The van der Waals surface area contributed by atoms with E-state index < -0.39 is 0 Å². The molecule has 0 aliphatic rings. The lowest BCUT2D eigenvalue weighted by Gasteiger charge is -2.16. The molecule has 0 bridgehead atoms. The van der Waals surface area contributed by atoms with E-state index in [1.54, 1.807) is 7.11 Å². The van der Waals surface area contributed by atoms with Crippen molar-refractivity contribution < 1.29 is 9.53 Å². The van der Waals surface area contributed by atoms with Crippen molar-refractivity contribution in [1.82, 2.24) is 4.90 Å². The summed E-state index contributed by atoms with van der Waals surface area (Å²) in [4.78, 5) is 14.1. The molecule has 0 heterocycles. The van der Waals surface area contributed by atoms with Crippen LogP contribution in [0.2, 0.25) is 0 Å². The van der Waals surface area contributed by atoms with Crippen LogP contribution in [0.15, 0.2) is 18.2 Å². The number of rotatable bonds is 6. The van der Waals surface area contributed by atoms with Crippen molar-refractivity contribution in [3.05, 3.63) is 34.9 Å². The van der Waals surface area contributed by atoms with E-state index in [-0.39, 0.29) is 5.78 Å². The highest BCUT2D eigenvalue weighted by molar-refractivity contribution is 5.99. The Balaban J connectivity index is 2.66. The first-order valence-electron chi connectivity index (χ1n) is 5.82. The molecule has 0 aliphatic carbocycles. The zero-order valence-electron chi connectivity index (χ0n) is 11.1. The van der Waals surface area contributed by atoms with Crippen LogP contribution in [0.25, 0.3) is 0 Å². The van der Waals surface area contributed by atoms with E-state index in [0.717, 1.165) is 23.2 Å². The average Bonchev–Trinajstić information content (AvgIpc) is 2.29. The molecule has 0 aliphatic heterocycles. The van der Waals surface area contributed by atoms with Crippen LogP contribution in [0.3, 0.4) is 0 Å². The van der Waals surface area contributed by atoms with Crippen LogP contribution in [0.4, 0.5) is 0 Å². The molecule has 0 saturated heterocycles. The molecule has 0 N–H and O–H groups in total. The van der Waals surface area contributed by atoms with E-state index in [1.807, 2.05) is 44.0 Å². The molecule has 0 atom stereocenters. The smallest absolute Gasteiger partial charge is 0.177 e. The summed E-state index contributed by atoms with van der Waals surface area (Å²) in [7, 11) is 3.60. The highest BCUT2D eigenvalue weighted by Gasteiger charge is 2.11. The number of carbonyl (C=O) groups is 1. The van der Waals surface area contributed by atoms with Crippen LogP contribution < -0.4 is 0 Å². The maximum atomic E-state index is 12.1. The number of ketones is 1. The molecule has 0 unspecified atom stereocenters. The van der Waals surface area contributed by atoms with Crippen LogP contribution in [-0.4, -0.2) is 44.5 Å². The van der Waals surface area contributed by atoms with Gasteiger partial charge < -0.3 is 4.74 Å². The standard InChI is InChI=1S/C14H21NO2/c1-11-5-6-12(2)13(9-11)14(16)10-15(3)7-8-17-4/h5-6,9H,7-8,10H2,1-4H3. The van der Waals surface area contributed by atoms with Crippen molar-refractivity contribution in [2.45, 2.75) is 13.8 Å². The van der Waals surface area contributed by atoms with Gasteiger partial charge in [0.1, 0.15) is 0 Å². The third kappa shape index (κ3) is 4.29. The Morgan fingerprint density at radius 1 is 1.35 bits per heavy atom. The Kier molecular flexibility index (Phi) is 5.32. The first kappa shape index (κ1) is 13.9. The second-order valence-electron chi connectivity index (χ2n) is 4.47. The second kappa shape index (κ2) is 6.52. The van der Waals surface area contributed by atoms with Crippen molar-refractivity contribution >= 4 is 5.78 Å². The fraction of sp³-hybridized carbons (Fsp3) is 0.500. The quantitative estimate of drug-likeness (QED) is 0.707. The van der Waals surface area contributed by atoms with Crippen LogP contribution in [0.5, 0.6) is 0 Å². The molecule has 1 aromatic carbocycles. The summed E-state index contributed by atoms with van der Waals surface area (Å²) < 4.78 is 4.99. The molecule has 1 rings (SSSR count). The fourth-order valence-corrected chi connectivity index (χ4v) is 1.69. The number of nitrogens with zero attached hydrogens (tertiary/aromatic N) is 1. The number of carbonyl (C=O) groups excluding carboxylic acids is 1. The van der Waals surface area contributed by atoms with Gasteiger partial charge in [0.05, 0.1) is 13.2 Å². The summed E-state index contributed by atoms with van der Waals surface area (Å²) in [5.74, 6) is 0.171. The van der Waals surface area contributed by atoms with E-state index in [9.17, 15) is 4.79 Å². The van der Waals surface area contributed by atoms with Gasteiger partial charge in [0.25, 0.3) is 0 Å². The minimum atomic E-state index is 0.171. The molecular weight excluding hydrogens is 214 g/mol. The van der Waals surface area contributed by atoms with Crippen LogP contribution in [-0.2, 0) is 4.74 Å². The predicted molar refractivity (Wildman–Crippen MR) is 69.6 cm³/mol. The number of benzene rings is 1. The molecule has 0 fully saturated rings. The number of methoxy groups -OCH3 is 1. The molecule has 0 saturated carbocycles. The van der Waals surface area contributed by atoms with E-state index in [1.165, 1.54) is 0 Å². The number of hydrogen-bond acceptors (Lipinski definition) is 3. The third-order valence-corrected chi connectivity index (χ3v) is 2.78. The third-order valence-electron chi connectivity index (χ3n) is 2.78. The van der Waals surface area contributed by atoms with E-state index in [4.69, 9.17) is 4.74 Å². The minimum absolute atomic E-state index is 0.171. The van der Waals surface area contributed by atoms with Crippen LogP contribution in [0, 0.1) is 13.8 Å². The van der Waals surface area contributed by atoms with Gasteiger partial charge in [0, 0.05) is 19.2 Å². The SMILES string of the molecule is COCCN(C)CC(=O)c1cc(C)ccc1C. The second-order valence-corrected chi connectivity index (χ2v) is 4.47. The largest absolute Gasteiger partial charge is 0.383 e. The van der Waals surface area contributed by atoms with Gasteiger partial charge in [0.15, 0.2) is 5.78 Å². The summed E-state index contributed by atoms with van der Waals surface area (Å²) in [5.41, 5.74) is 2.99. The predicted octanol–water partition coefficient (Wildman–Crippen LogP) is 2.06. The number of ether oxygens (including phenoxy) is 1. The van der Waals surface area contributed by atoms with Gasteiger partial charge in [-0.3, -0.25) is 9.69 Å². The Bertz CT molecular complexity index is 388. The Morgan fingerprint density at radius 3 is 2.71 bits per heavy atom. The van der Waals surface area contributed by atoms with Gasteiger partial charge in [-0.2, -0.15) is 0 Å². The zero-order chi connectivity index (χ0) is 12.8. The lowest BCUT2D eigenvalue weighted by atomic mass is 10.0. The van der Waals surface area contributed by atoms with Gasteiger partial charge in [-0.25, -0.2) is 0 Å². The highest BCUT2D eigenvalue weighted by Crippen LogP contribution is 2.11. The topological polar surface area (TPSA) is 29.5 Å². The monoisotopic (exact) mass is 235 g/mol. The van der Waals surface area contributed by atoms with Crippen molar-refractivity contribution in [2.24, 2.45) is 0 Å². The Labute approximate surface area is 103 Å². The van der Waals surface area contributed by atoms with Gasteiger partial charge in [-0.15, -0.1) is 0 Å². The van der Waals surface area contributed by atoms with E-state index >= 15 is 0 Å². The highest BCUT2D eigenvalue weighted by atomic mass is 16.5. The summed E-state index contributed by atoms with van der Waals surface area (Å²) in [5, 5.41) is 0.